The van der Waals surface area contributed by atoms with Gasteiger partial charge in [-0.3, -0.25) is 0 Å². The zero-order chi connectivity index (χ0) is 11.9. The molecule has 0 aliphatic heterocycles. The predicted octanol–water partition coefficient (Wildman–Crippen LogP) is 2.19. The van der Waals surface area contributed by atoms with Crippen LogP contribution in [0.3, 0.4) is 0 Å². The molecule has 0 bridgehead atoms. The number of hydrogen-bond acceptors (Lipinski definition) is 3. The molecule has 1 aromatic carbocycles. The van der Waals surface area contributed by atoms with Crippen molar-refractivity contribution in [2.75, 3.05) is 0 Å². The maximum Gasteiger partial charge on any atom is 0.238 e. The zero-order valence-corrected chi connectivity index (χ0v) is 10.1. The minimum atomic E-state index is -3.74. The maximum atomic E-state index is 11.1. The molecule has 1 heterocycles. The van der Waals surface area contributed by atoms with Crippen LogP contribution in [0.5, 0.6) is 0 Å². The van der Waals surface area contributed by atoms with Crippen LogP contribution in [-0.4, -0.2) is 13.4 Å². The van der Waals surface area contributed by atoms with Crippen LogP contribution in [0, 0.1) is 0 Å². The van der Waals surface area contributed by atoms with E-state index in [4.69, 9.17) is 28.3 Å². The van der Waals surface area contributed by atoms with Gasteiger partial charge in [0.2, 0.25) is 10.0 Å². The van der Waals surface area contributed by atoms with E-state index in [9.17, 15) is 8.42 Å². The first-order valence-electron chi connectivity index (χ1n) is 4.16. The first-order valence-corrected chi connectivity index (χ1v) is 6.47. The predicted molar refractivity (Wildman–Crippen MR) is 63.1 cm³/mol. The van der Waals surface area contributed by atoms with Gasteiger partial charge in [-0.2, -0.15) is 0 Å². The van der Waals surface area contributed by atoms with E-state index in [1.54, 1.807) is 0 Å². The van der Waals surface area contributed by atoms with Crippen molar-refractivity contribution in [2.45, 2.75) is 4.90 Å². The standard InChI is InChI=1S/C9H6Cl2N2O2S/c10-7-4-9(11)13-8-2-1-5(3-6(7)8)16(12,14)15/h1-4H,(H2,12,14,15). The first kappa shape index (κ1) is 11.6. The smallest absolute Gasteiger partial charge is 0.236 e. The van der Waals surface area contributed by atoms with Crippen LogP contribution in [0.15, 0.2) is 29.2 Å². The number of pyridine rings is 1. The highest BCUT2D eigenvalue weighted by molar-refractivity contribution is 7.89. The summed E-state index contributed by atoms with van der Waals surface area (Å²) < 4.78 is 22.3. The molecule has 0 saturated carbocycles. The Bertz CT molecular complexity index is 671. The summed E-state index contributed by atoms with van der Waals surface area (Å²) >= 11 is 11.6. The third-order valence-electron chi connectivity index (χ3n) is 2.03. The third-order valence-corrected chi connectivity index (χ3v) is 3.44. The number of sulfonamides is 1. The van der Waals surface area contributed by atoms with Crippen molar-refractivity contribution < 1.29 is 8.42 Å². The molecule has 0 aliphatic rings. The van der Waals surface area contributed by atoms with Crippen molar-refractivity contribution >= 4 is 44.1 Å². The Morgan fingerprint density at radius 3 is 2.50 bits per heavy atom. The SMILES string of the molecule is NS(=O)(=O)c1ccc2nc(Cl)cc(Cl)c2c1. The van der Waals surface area contributed by atoms with Crippen LogP contribution >= 0.6 is 23.2 Å². The highest BCUT2D eigenvalue weighted by Gasteiger charge is 2.10. The second kappa shape index (κ2) is 3.85. The molecule has 7 heteroatoms. The Kier molecular flexibility index (Phi) is 2.79. The van der Waals surface area contributed by atoms with E-state index < -0.39 is 10.0 Å². The topological polar surface area (TPSA) is 73.1 Å². The minimum Gasteiger partial charge on any atom is -0.236 e. The van der Waals surface area contributed by atoms with E-state index in [0.717, 1.165) is 0 Å². The number of nitrogens with two attached hydrogens (primary N) is 1. The molecule has 2 aromatic rings. The lowest BCUT2D eigenvalue weighted by Gasteiger charge is -2.03. The van der Waals surface area contributed by atoms with E-state index in [-0.39, 0.29) is 10.0 Å². The normalized spacial score (nSPS) is 11.9. The molecule has 0 atom stereocenters. The second-order valence-electron chi connectivity index (χ2n) is 3.15. The number of nitrogens with zero attached hydrogens (tertiary/aromatic N) is 1. The minimum absolute atomic E-state index is 0.00831. The monoisotopic (exact) mass is 276 g/mol. The highest BCUT2D eigenvalue weighted by Crippen LogP contribution is 2.26. The fraction of sp³-hybridized carbons (Fsp3) is 0. The number of aromatic nitrogens is 1. The maximum absolute atomic E-state index is 11.1. The Hall–Kier alpha value is -0.880. The van der Waals surface area contributed by atoms with E-state index in [2.05, 4.69) is 4.98 Å². The Morgan fingerprint density at radius 2 is 1.88 bits per heavy atom. The molecule has 1 aromatic heterocycles. The van der Waals surface area contributed by atoms with Gasteiger partial charge in [-0.15, -0.1) is 0 Å². The average Bonchev–Trinajstić information content (AvgIpc) is 2.15. The fourth-order valence-corrected chi connectivity index (χ4v) is 2.36. The van der Waals surface area contributed by atoms with Crippen LogP contribution in [0.2, 0.25) is 10.2 Å². The van der Waals surface area contributed by atoms with Crippen LogP contribution in [-0.2, 0) is 10.0 Å². The summed E-state index contributed by atoms with van der Waals surface area (Å²) in [6, 6.07) is 5.68. The number of fused-ring (bicyclic) bond motifs is 1. The second-order valence-corrected chi connectivity index (χ2v) is 5.51. The fourth-order valence-electron chi connectivity index (χ4n) is 1.31. The molecule has 0 unspecified atom stereocenters. The van der Waals surface area contributed by atoms with Gasteiger partial charge in [-0.05, 0) is 24.3 Å². The molecule has 0 amide bonds. The van der Waals surface area contributed by atoms with Gasteiger partial charge < -0.3 is 0 Å². The Labute approximate surface area is 102 Å². The lowest BCUT2D eigenvalue weighted by atomic mass is 10.2. The van der Waals surface area contributed by atoms with Crippen LogP contribution in [0.4, 0.5) is 0 Å². The average molecular weight is 277 g/mol. The molecule has 84 valence electrons. The van der Waals surface area contributed by atoms with Crippen molar-refractivity contribution in [3.63, 3.8) is 0 Å². The number of benzene rings is 1. The molecular formula is C9H6Cl2N2O2S. The largest absolute Gasteiger partial charge is 0.238 e. The highest BCUT2D eigenvalue weighted by atomic mass is 35.5. The summed E-state index contributed by atoms with van der Waals surface area (Å²) in [4.78, 5) is 4.00. The molecular weight excluding hydrogens is 271 g/mol. The van der Waals surface area contributed by atoms with Crippen molar-refractivity contribution in [3.8, 4) is 0 Å². The third kappa shape index (κ3) is 2.12. The van der Waals surface area contributed by atoms with E-state index in [1.807, 2.05) is 0 Å². The van der Waals surface area contributed by atoms with E-state index in [1.165, 1.54) is 24.3 Å². The lowest BCUT2D eigenvalue weighted by Crippen LogP contribution is -2.11. The Balaban J connectivity index is 2.82. The molecule has 4 nitrogen and oxygen atoms in total. The van der Waals surface area contributed by atoms with Gasteiger partial charge in [0.25, 0.3) is 0 Å². The van der Waals surface area contributed by atoms with Gasteiger partial charge in [0.05, 0.1) is 15.4 Å². The summed E-state index contributed by atoms with van der Waals surface area (Å²) in [6.45, 7) is 0. The quantitative estimate of drug-likeness (QED) is 0.812. The molecule has 0 saturated heterocycles. The van der Waals surface area contributed by atoms with Crippen molar-refractivity contribution in [2.24, 2.45) is 5.14 Å². The van der Waals surface area contributed by atoms with Gasteiger partial charge in [-0.25, -0.2) is 18.5 Å². The van der Waals surface area contributed by atoms with E-state index in [0.29, 0.717) is 15.9 Å². The summed E-state index contributed by atoms with van der Waals surface area (Å²) in [5.74, 6) is 0. The van der Waals surface area contributed by atoms with Crippen LogP contribution < -0.4 is 5.14 Å². The number of hydrogen-bond donors (Lipinski definition) is 1. The van der Waals surface area contributed by atoms with E-state index >= 15 is 0 Å². The molecule has 0 radical (unpaired) electrons. The van der Waals surface area contributed by atoms with Crippen molar-refractivity contribution in [1.29, 1.82) is 0 Å². The van der Waals surface area contributed by atoms with Gasteiger partial charge in [0.15, 0.2) is 0 Å². The molecule has 0 aliphatic carbocycles. The number of primary sulfonamides is 1. The summed E-state index contributed by atoms with van der Waals surface area (Å²) in [7, 11) is -3.74. The summed E-state index contributed by atoms with van der Waals surface area (Å²) in [5.41, 5.74) is 0.518. The number of rotatable bonds is 1. The van der Waals surface area contributed by atoms with Crippen LogP contribution in [0.1, 0.15) is 0 Å². The van der Waals surface area contributed by atoms with Crippen molar-refractivity contribution in [1.82, 2.24) is 4.98 Å². The molecule has 2 N–H and O–H groups in total. The molecule has 0 spiro atoms. The molecule has 16 heavy (non-hydrogen) atoms. The Morgan fingerprint density at radius 1 is 1.19 bits per heavy atom. The lowest BCUT2D eigenvalue weighted by molar-refractivity contribution is 0.598. The van der Waals surface area contributed by atoms with Crippen molar-refractivity contribution in [3.05, 3.63) is 34.4 Å². The van der Waals surface area contributed by atoms with Gasteiger partial charge in [-0.1, -0.05) is 23.2 Å². The number of halogens is 2. The molecule has 0 fully saturated rings. The van der Waals surface area contributed by atoms with Crippen LogP contribution in [0.25, 0.3) is 10.9 Å². The first-order chi connectivity index (χ1) is 7.38. The zero-order valence-electron chi connectivity index (χ0n) is 7.81. The van der Waals surface area contributed by atoms with Gasteiger partial charge in [0.1, 0.15) is 5.15 Å². The molecule has 2 rings (SSSR count). The summed E-state index contributed by atoms with van der Waals surface area (Å²) in [5, 5.41) is 6.09. The van der Waals surface area contributed by atoms with Gasteiger partial charge in [0, 0.05) is 5.39 Å². The van der Waals surface area contributed by atoms with Gasteiger partial charge >= 0.3 is 0 Å². The summed E-state index contributed by atoms with van der Waals surface area (Å²) in [6.07, 6.45) is 0.